The van der Waals surface area contributed by atoms with Crippen LogP contribution in [0.4, 0.5) is 24.7 Å². The van der Waals surface area contributed by atoms with Crippen LogP contribution in [0.3, 0.4) is 0 Å². The molecule has 3 aromatic heterocycles. The maximum absolute atomic E-state index is 12.5. The molecule has 0 atom stereocenters. The summed E-state index contributed by atoms with van der Waals surface area (Å²) in [6.07, 6.45) is -0.886. The van der Waals surface area contributed by atoms with Crippen LogP contribution < -0.4 is 5.32 Å². The van der Waals surface area contributed by atoms with Crippen molar-refractivity contribution in [1.82, 2.24) is 25.0 Å². The third-order valence-electron chi connectivity index (χ3n) is 2.74. The smallest absolute Gasteiger partial charge is 0.417 e. The first-order valence-electron chi connectivity index (χ1n) is 6.04. The second kappa shape index (κ2) is 5.13. The first-order chi connectivity index (χ1) is 10.4. The highest BCUT2D eigenvalue weighted by atomic mass is 19.4. The van der Waals surface area contributed by atoms with Crippen molar-refractivity contribution >= 4 is 11.5 Å². The Hall–Kier alpha value is -2.91. The van der Waals surface area contributed by atoms with Crippen LogP contribution >= 0.6 is 0 Å². The number of aryl methyl sites for hydroxylation is 1. The molecule has 0 amide bonds. The number of alkyl halides is 3. The average molecular weight is 310 g/mol. The predicted octanol–water partition coefficient (Wildman–Crippen LogP) is 2.63. The number of nitrogens with zero attached hydrogens (tertiary/aromatic N) is 5. The van der Waals surface area contributed by atoms with Gasteiger partial charge in [0.1, 0.15) is 5.82 Å². The first kappa shape index (κ1) is 14.0. The average Bonchev–Trinajstić information content (AvgIpc) is 3.08. The van der Waals surface area contributed by atoms with E-state index in [2.05, 4.69) is 25.6 Å². The minimum atomic E-state index is -4.42. The number of aromatic nitrogens is 5. The van der Waals surface area contributed by atoms with Crippen LogP contribution in [0.5, 0.6) is 0 Å². The molecule has 0 spiro atoms. The predicted molar refractivity (Wildman–Crippen MR) is 69.0 cm³/mol. The summed E-state index contributed by atoms with van der Waals surface area (Å²) in [6.45, 7) is 0. The Morgan fingerprint density at radius 3 is 2.68 bits per heavy atom. The Bertz CT molecular complexity index is 763. The summed E-state index contributed by atoms with van der Waals surface area (Å²) >= 11 is 0. The first-order valence-corrected chi connectivity index (χ1v) is 6.04. The van der Waals surface area contributed by atoms with Crippen LogP contribution in [0.2, 0.25) is 0 Å². The molecule has 0 saturated heterocycles. The molecule has 0 bridgehead atoms. The van der Waals surface area contributed by atoms with Crippen LogP contribution in [-0.2, 0) is 13.2 Å². The van der Waals surface area contributed by atoms with Crippen LogP contribution in [0.1, 0.15) is 5.56 Å². The van der Waals surface area contributed by atoms with Gasteiger partial charge < -0.3 is 9.73 Å². The van der Waals surface area contributed by atoms with Crippen molar-refractivity contribution in [1.29, 1.82) is 0 Å². The zero-order chi connectivity index (χ0) is 15.7. The fourth-order valence-electron chi connectivity index (χ4n) is 1.79. The molecule has 0 aromatic carbocycles. The van der Waals surface area contributed by atoms with Gasteiger partial charge in [-0.05, 0) is 12.1 Å². The summed E-state index contributed by atoms with van der Waals surface area (Å²) in [4.78, 5) is 3.74. The standard InChI is InChI=1S/C12H9F3N6O/c1-21-5-8(10(20-21)11-19-17-6-22-11)18-9-3-2-7(4-16-9)12(13,14)15/h2-6H,1H3,(H,16,18). The number of rotatable bonds is 3. The minimum absolute atomic E-state index is 0.190. The summed E-state index contributed by atoms with van der Waals surface area (Å²) in [5.41, 5.74) is 0.0436. The lowest BCUT2D eigenvalue weighted by Gasteiger charge is -2.07. The van der Waals surface area contributed by atoms with Gasteiger partial charge in [0.2, 0.25) is 6.39 Å². The highest BCUT2D eigenvalue weighted by molar-refractivity contribution is 5.72. The Balaban J connectivity index is 1.88. The molecule has 7 nitrogen and oxygen atoms in total. The number of anilines is 2. The van der Waals surface area contributed by atoms with Gasteiger partial charge in [-0.2, -0.15) is 18.3 Å². The minimum Gasteiger partial charge on any atom is -0.422 e. The molecule has 114 valence electrons. The largest absolute Gasteiger partial charge is 0.422 e. The van der Waals surface area contributed by atoms with E-state index in [1.807, 2.05) is 0 Å². The number of hydrogen-bond acceptors (Lipinski definition) is 6. The van der Waals surface area contributed by atoms with Crippen molar-refractivity contribution in [2.75, 3.05) is 5.32 Å². The number of hydrogen-bond donors (Lipinski definition) is 1. The van der Waals surface area contributed by atoms with Crippen LogP contribution in [0.25, 0.3) is 11.6 Å². The molecule has 0 saturated carbocycles. The SMILES string of the molecule is Cn1cc(Nc2ccc(C(F)(F)F)cn2)c(-c2nnco2)n1. The lowest BCUT2D eigenvalue weighted by molar-refractivity contribution is -0.137. The molecule has 0 fully saturated rings. The summed E-state index contributed by atoms with van der Waals surface area (Å²) < 4.78 is 44.1. The lowest BCUT2D eigenvalue weighted by Crippen LogP contribution is -2.05. The van der Waals surface area contributed by atoms with Crippen molar-refractivity contribution in [2.24, 2.45) is 7.05 Å². The second-order valence-electron chi connectivity index (χ2n) is 4.36. The van der Waals surface area contributed by atoms with Gasteiger partial charge in [0.05, 0.1) is 11.3 Å². The van der Waals surface area contributed by atoms with E-state index in [1.54, 1.807) is 13.2 Å². The molecule has 0 radical (unpaired) electrons. The van der Waals surface area contributed by atoms with Crippen LogP contribution in [0, 0.1) is 0 Å². The normalized spacial score (nSPS) is 11.6. The van der Waals surface area contributed by atoms with E-state index >= 15 is 0 Å². The van der Waals surface area contributed by atoms with E-state index in [1.165, 1.54) is 10.7 Å². The van der Waals surface area contributed by atoms with Crippen molar-refractivity contribution in [3.63, 3.8) is 0 Å². The van der Waals surface area contributed by atoms with E-state index in [-0.39, 0.29) is 11.7 Å². The third-order valence-corrected chi connectivity index (χ3v) is 2.74. The quantitative estimate of drug-likeness (QED) is 0.801. The van der Waals surface area contributed by atoms with Gasteiger partial charge in [-0.15, -0.1) is 10.2 Å². The summed E-state index contributed by atoms with van der Waals surface area (Å²) in [5, 5.41) is 14.3. The Labute approximate surface area is 121 Å². The van der Waals surface area contributed by atoms with Gasteiger partial charge in [-0.3, -0.25) is 4.68 Å². The van der Waals surface area contributed by atoms with Crippen LogP contribution in [0.15, 0.2) is 35.3 Å². The summed E-state index contributed by atoms with van der Waals surface area (Å²) in [5.74, 6) is 0.428. The summed E-state index contributed by atoms with van der Waals surface area (Å²) in [7, 11) is 1.69. The van der Waals surface area contributed by atoms with E-state index in [0.29, 0.717) is 11.4 Å². The van der Waals surface area contributed by atoms with Crippen molar-refractivity contribution < 1.29 is 17.6 Å². The topological polar surface area (TPSA) is 81.7 Å². The number of nitrogens with one attached hydrogen (secondary N) is 1. The second-order valence-corrected chi connectivity index (χ2v) is 4.36. The third kappa shape index (κ3) is 2.75. The Morgan fingerprint density at radius 2 is 2.09 bits per heavy atom. The Morgan fingerprint density at radius 1 is 1.27 bits per heavy atom. The summed E-state index contributed by atoms with van der Waals surface area (Å²) in [6, 6.07) is 2.17. The Kier molecular flexibility index (Phi) is 3.28. The number of halogens is 3. The molecule has 0 unspecified atom stereocenters. The van der Waals surface area contributed by atoms with E-state index in [9.17, 15) is 13.2 Å². The number of pyridine rings is 1. The molecule has 3 rings (SSSR count). The van der Waals surface area contributed by atoms with E-state index in [0.717, 1.165) is 18.7 Å². The van der Waals surface area contributed by atoms with Crippen LogP contribution in [-0.4, -0.2) is 25.0 Å². The molecule has 10 heteroatoms. The molecular weight excluding hydrogens is 301 g/mol. The zero-order valence-corrected chi connectivity index (χ0v) is 11.2. The molecule has 3 heterocycles. The highest BCUT2D eigenvalue weighted by Gasteiger charge is 2.30. The van der Waals surface area contributed by atoms with Gasteiger partial charge in [-0.25, -0.2) is 4.98 Å². The van der Waals surface area contributed by atoms with Gasteiger partial charge in [-0.1, -0.05) is 0 Å². The van der Waals surface area contributed by atoms with E-state index < -0.39 is 11.7 Å². The molecule has 1 N–H and O–H groups in total. The van der Waals surface area contributed by atoms with Gasteiger partial charge >= 0.3 is 6.18 Å². The monoisotopic (exact) mass is 310 g/mol. The molecule has 22 heavy (non-hydrogen) atoms. The lowest BCUT2D eigenvalue weighted by atomic mass is 10.2. The fourth-order valence-corrected chi connectivity index (χ4v) is 1.79. The molecule has 0 aliphatic carbocycles. The van der Waals surface area contributed by atoms with Crippen molar-refractivity contribution in [3.05, 3.63) is 36.5 Å². The molecular formula is C12H9F3N6O. The van der Waals surface area contributed by atoms with Gasteiger partial charge in [0.25, 0.3) is 5.89 Å². The fraction of sp³-hybridized carbons (Fsp3) is 0.167. The molecule has 0 aliphatic rings. The molecule has 3 aromatic rings. The van der Waals surface area contributed by atoms with Gasteiger partial charge in [0, 0.05) is 19.4 Å². The highest BCUT2D eigenvalue weighted by Crippen LogP contribution is 2.30. The van der Waals surface area contributed by atoms with Gasteiger partial charge in [0.15, 0.2) is 5.69 Å². The van der Waals surface area contributed by atoms with Crippen molar-refractivity contribution in [3.8, 4) is 11.6 Å². The zero-order valence-electron chi connectivity index (χ0n) is 11.2. The maximum Gasteiger partial charge on any atom is 0.417 e. The molecule has 0 aliphatic heterocycles. The maximum atomic E-state index is 12.5. The van der Waals surface area contributed by atoms with E-state index in [4.69, 9.17) is 4.42 Å². The van der Waals surface area contributed by atoms with Crippen molar-refractivity contribution in [2.45, 2.75) is 6.18 Å².